The molecule has 1 fully saturated rings. The minimum Gasteiger partial charge on any atom is -0.494 e. The second-order valence-electron chi connectivity index (χ2n) is 7.89. The van der Waals surface area contributed by atoms with Gasteiger partial charge in [-0.2, -0.15) is 0 Å². The number of morpholine rings is 1. The lowest BCUT2D eigenvalue weighted by Gasteiger charge is -2.28. The molecule has 1 amide bonds. The van der Waals surface area contributed by atoms with Crippen molar-refractivity contribution in [1.82, 2.24) is 9.88 Å². The van der Waals surface area contributed by atoms with Crippen LogP contribution >= 0.6 is 11.3 Å². The molecule has 2 heterocycles. The van der Waals surface area contributed by atoms with E-state index in [0.717, 1.165) is 28.9 Å². The van der Waals surface area contributed by atoms with Crippen LogP contribution in [0.4, 0.5) is 10.8 Å². The van der Waals surface area contributed by atoms with Crippen LogP contribution in [0.15, 0.2) is 42.5 Å². The Morgan fingerprint density at radius 1 is 1.32 bits per heavy atom. The van der Waals surface area contributed by atoms with Crippen molar-refractivity contribution in [2.24, 2.45) is 0 Å². The maximum atomic E-state index is 13.3. The SMILES string of the molecule is COc1ccc(C)c2sc(N(CCN3CCOCC3)C(=O)C=Cc3cccc([N+](=O)[O-])c3)nc12. The normalized spacial score (nSPS) is 14.5. The molecule has 0 unspecified atom stereocenters. The number of fused-ring (bicyclic) bond motifs is 1. The van der Waals surface area contributed by atoms with Gasteiger partial charge >= 0.3 is 0 Å². The van der Waals surface area contributed by atoms with Gasteiger partial charge in [0.05, 0.1) is 29.9 Å². The van der Waals surface area contributed by atoms with Gasteiger partial charge in [0.25, 0.3) is 11.6 Å². The number of anilines is 1. The van der Waals surface area contributed by atoms with Crippen LogP contribution in [0.5, 0.6) is 5.75 Å². The van der Waals surface area contributed by atoms with E-state index in [9.17, 15) is 14.9 Å². The van der Waals surface area contributed by atoms with Crippen LogP contribution in [0.25, 0.3) is 16.3 Å². The van der Waals surface area contributed by atoms with Crippen LogP contribution in [0, 0.1) is 17.0 Å². The fourth-order valence-electron chi connectivity index (χ4n) is 3.74. The number of aryl methyl sites for hydroxylation is 1. The average Bonchev–Trinajstić information content (AvgIpc) is 3.30. The highest BCUT2D eigenvalue weighted by Crippen LogP contribution is 2.36. The molecule has 178 valence electrons. The topological polar surface area (TPSA) is 98.0 Å². The summed E-state index contributed by atoms with van der Waals surface area (Å²) in [6.45, 7) is 6.14. The average molecular weight is 483 g/mol. The number of hydrogen-bond donors (Lipinski definition) is 0. The van der Waals surface area contributed by atoms with Crippen LogP contribution in [-0.2, 0) is 9.53 Å². The van der Waals surface area contributed by atoms with E-state index in [-0.39, 0.29) is 11.6 Å². The number of rotatable bonds is 8. The highest BCUT2D eigenvalue weighted by Gasteiger charge is 2.22. The lowest BCUT2D eigenvalue weighted by Crippen LogP contribution is -2.42. The molecule has 4 rings (SSSR count). The second kappa shape index (κ2) is 10.7. The molecule has 0 N–H and O–H groups in total. The van der Waals surface area contributed by atoms with Crippen molar-refractivity contribution in [2.75, 3.05) is 51.4 Å². The van der Waals surface area contributed by atoms with Crippen molar-refractivity contribution in [3.63, 3.8) is 0 Å². The number of ether oxygens (including phenoxy) is 2. The number of carbonyl (C=O) groups excluding carboxylic acids is 1. The Morgan fingerprint density at radius 3 is 2.85 bits per heavy atom. The number of nitro benzene ring substituents is 1. The number of hydrogen-bond acceptors (Lipinski definition) is 8. The number of benzene rings is 2. The predicted molar refractivity (Wildman–Crippen MR) is 133 cm³/mol. The van der Waals surface area contributed by atoms with Crippen molar-refractivity contribution in [1.29, 1.82) is 0 Å². The summed E-state index contributed by atoms with van der Waals surface area (Å²) >= 11 is 1.45. The molecule has 0 radical (unpaired) electrons. The molecule has 1 aliphatic heterocycles. The Kier molecular flexibility index (Phi) is 7.51. The summed E-state index contributed by atoms with van der Waals surface area (Å²) in [5.74, 6) is 0.422. The van der Waals surface area contributed by atoms with Gasteiger partial charge in [0.2, 0.25) is 0 Å². The number of methoxy groups -OCH3 is 1. The monoisotopic (exact) mass is 482 g/mol. The Hall–Kier alpha value is -3.34. The first-order valence-electron chi connectivity index (χ1n) is 10.9. The van der Waals surface area contributed by atoms with Gasteiger partial charge in [-0.25, -0.2) is 4.98 Å². The third-order valence-corrected chi connectivity index (χ3v) is 6.87. The summed E-state index contributed by atoms with van der Waals surface area (Å²) in [5.41, 5.74) is 2.35. The summed E-state index contributed by atoms with van der Waals surface area (Å²) in [6.07, 6.45) is 3.03. The van der Waals surface area contributed by atoms with Crippen molar-refractivity contribution < 1.29 is 19.2 Å². The zero-order valence-electron chi connectivity index (χ0n) is 19.1. The van der Waals surface area contributed by atoms with Crippen molar-refractivity contribution in [3.8, 4) is 5.75 Å². The number of aromatic nitrogens is 1. The Morgan fingerprint density at radius 2 is 2.12 bits per heavy atom. The van der Waals surface area contributed by atoms with Crippen LogP contribution in [0.2, 0.25) is 0 Å². The smallest absolute Gasteiger partial charge is 0.270 e. The minimum absolute atomic E-state index is 0.0208. The Balaban J connectivity index is 1.63. The largest absolute Gasteiger partial charge is 0.494 e. The number of non-ortho nitro benzene ring substituents is 1. The standard InChI is InChI=1S/C24H26N4O5S/c1-17-6-8-20(32-2)22-23(17)34-24(25-22)27(11-10-26-12-14-33-15-13-26)21(29)9-7-18-4-3-5-19(16-18)28(30)31/h3-9,16H,10-15H2,1-2H3. The fourth-order valence-corrected chi connectivity index (χ4v) is 4.83. The quantitative estimate of drug-likeness (QED) is 0.273. The van der Waals surface area contributed by atoms with E-state index in [2.05, 4.69) is 4.90 Å². The van der Waals surface area contributed by atoms with Gasteiger partial charge in [-0.05, 0) is 30.2 Å². The molecule has 1 aliphatic rings. The van der Waals surface area contributed by atoms with Crippen LogP contribution in [-0.4, -0.2) is 67.2 Å². The van der Waals surface area contributed by atoms with Crippen LogP contribution in [0.1, 0.15) is 11.1 Å². The molecule has 0 aliphatic carbocycles. The van der Waals surface area contributed by atoms with Gasteiger partial charge in [-0.15, -0.1) is 0 Å². The first-order valence-corrected chi connectivity index (χ1v) is 11.8. The van der Waals surface area contributed by atoms with Crippen LogP contribution in [0.3, 0.4) is 0 Å². The van der Waals surface area contributed by atoms with E-state index in [0.29, 0.717) is 42.7 Å². The van der Waals surface area contributed by atoms with Gasteiger partial charge < -0.3 is 9.47 Å². The molecule has 0 bridgehead atoms. The third kappa shape index (κ3) is 5.41. The van der Waals surface area contributed by atoms with E-state index < -0.39 is 4.92 Å². The number of nitrogens with zero attached hydrogens (tertiary/aromatic N) is 4. The molecule has 9 nitrogen and oxygen atoms in total. The Labute approximate surface area is 201 Å². The molecule has 1 saturated heterocycles. The minimum atomic E-state index is -0.454. The van der Waals surface area contributed by atoms with E-state index in [1.807, 2.05) is 19.1 Å². The number of thiazole rings is 1. The molecular weight excluding hydrogens is 456 g/mol. The summed E-state index contributed by atoms with van der Waals surface area (Å²) < 4.78 is 11.9. The molecule has 0 spiro atoms. The maximum Gasteiger partial charge on any atom is 0.270 e. The van der Waals surface area contributed by atoms with E-state index in [4.69, 9.17) is 14.5 Å². The van der Waals surface area contributed by atoms with E-state index >= 15 is 0 Å². The van der Waals surface area contributed by atoms with E-state index in [1.165, 1.54) is 29.5 Å². The molecule has 34 heavy (non-hydrogen) atoms. The number of carbonyl (C=O) groups is 1. The van der Waals surface area contributed by atoms with Crippen molar-refractivity contribution >= 4 is 44.4 Å². The van der Waals surface area contributed by atoms with Gasteiger partial charge in [0.1, 0.15) is 11.3 Å². The van der Waals surface area contributed by atoms with Crippen LogP contribution < -0.4 is 9.64 Å². The van der Waals surface area contributed by atoms with Crippen molar-refractivity contribution in [2.45, 2.75) is 6.92 Å². The summed E-state index contributed by atoms with van der Waals surface area (Å²) in [6, 6.07) is 10.0. The first kappa shape index (κ1) is 23.8. The van der Waals surface area contributed by atoms with Gasteiger partial charge in [-0.1, -0.05) is 29.5 Å². The molecule has 3 aromatic rings. The fraction of sp³-hybridized carbons (Fsp3) is 0.333. The first-order chi connectivity index (χ1) is 16.5. The molecule has 0 atom stereocenters. The van der Waals surface area contributed by atoms with Gasteiger partial charge in [-0.3, -0.25) is 24.7 Å². The summed E-state index contributed by atoms with van der Waals surface area (Å²) in [4.78, 5) is 32.6. The number of nitro groups is 1. The maximum absolute atomic E-state index is 13.3. The number of amides is 1. The molecule has 10 heteroatoms. The lowest BCUT2D eigenvalue weighted by atomic mass is 10.2. The molecule has 0 saturated carbocycles. The van der Waals surface area contributed by atoms with Gasteiger partial charge in [0, 0.05) is 44.4 Å². The highest BCUT2D eigenvalue weighted by atomic mass is 32.1. The third-order valence-electron chi connectivity index (χ3n) is 5.65. The lowest BCUT2D eigenvalue weighted by molar-refractivity contribution is -0.384. The van der Waals surface area contributed by atoms with E-state index in [1.54, 1.807) is 30.2 Å². The Bertz CT molecular complexity index is 1220. The molecular formula is C24H26N4O5S. The zero-order valence-corrected chi connectivity index (χ0v) is 19.9. The molecule has 2 aromatic carbocycles. The highest BCUT2D eigenvalue weighted by molar-refractivity contribution is 7.22. The predicted octanol–water partition coefficient (Wildman–Crippen LogP) is 3.90. The van der Waals surface area contributed by atoms with Crippen molar-refractivity contribution in [3.05, 3.63) is 63.7 Å². The second-order valence-corrected chi connectivity index (χ2v) is 8.87. The summed E-state index contributed by atoms with van der Waals surface area (Å²) in [5, 5.41) is 11.6. The summed E-state index contributed by atoms with van der Waals surface area (Å²) in [7, 11) is 1.60. The molecule has 1 aromatic heterocycles. The van der Waals surface area contributed by atoms with Gasteiger partial charge in [0.15, 0.2) is 5.13 Å². The zero-order chi connectivity index (χ0) is 24.1.